The summed E-state index contributed by atoms with van der Waals surface area (Å²) in [5, 5.41) is 9.40. The molecule has 0 aliphatic heterocycles. The summed E-state index contributed by atoms with van der Waals surface area (Å²) in [5.74, 6) is 0.267. The zero-order chi connectivity index (χ0) is 15.4. The zero-order valence-electron chi connectivity index (χ0n) is 12.5. The lowest BCUT2D eigenvalue weighted by molar-refractivity contribution is 0.475. The Bertz CT molecular complexity index is 785. The number of nitrogens with zero attached hydrogens (tertiary/aromatic N) is 2. The fourth-order valence-corrected chi connectivity index (χ4v) is 2.42. The van der Waals surface area contributed by atoms with E-state index in [9.17, 15) is 5.11 Å². The number of phenolic OH excluding ortho intramolecular Hbond substituents is 1. The highest BCUT2D eigenvalue weighted by Crippen LogP contribution is 2.20. The summed E-state index contributed by atoms with van der Waals surface area (Å²) in [6.07, 6.45) is 4.83. The molecule has 0 unspecified atom stereocenters. The van der Waals surface area contributed by atoms with Crippen LogP contribution in [0, 0.1) is 0 Å². The molecule has 0 aliphatic rings. The Hall–Kier alpha value is -2.81. The lowest BCUT2D eigenvalue weighted by atomic mass is 10.1. The number of aliphatic imine (C=N–C) groups is 1. The van der Waals surface area contributed by atoms with Crippen LogP contribution in [0.25, 0.3) is 5.69 Å². The standard InChI is InChI=1S/C19H18N2O/c1-2-15-6-3-4-8-19(15)20-14-17-7-5-13-21(17)16-9-11-18(22)12-10-16/h3-14,22H,2H2,1H3. The van der Waals surface area contributed by atoms with Crippen molar-refractivity contribution < 1.29 is 5.11 Å². The van der Waals surface area contributed by atoms with Gasteiger partial charge in [-0.15, -0.1) is 0 Å². The molecule has 0 saturated carbocycles. The number of hydrogen-bond acceptors (Lipinski definition) is 2. The van der Waals surface area contributed by atoms with Gasteiger partial charge in [-0.2, -0.15) is 0 Å². The first-order valence-electron chi connectivity index (χ1n) is 7.36. The molecular formula is C19H18N2O. The first kappa shape index (κ1) is 14.1. The fourth-order valence-electron chi connectivity index (χ4n) is 2.42. The van der Waals surface area contributed by atoms with Gasteiger partial charge in [0, 0.05) is 11.9 Å². The minimum atomic E-state index is 0.267. The lowest BCUT2D eigenvalue weighted by Gasteiger charge is -2.07. The van der Waals surface area contributed by atoms with E-state index < -0.39 is 0 Å². The molecule has 110 valence electrons. The highest BCUT2D eigenvalue weighted by atomic mass is 16.3. The SMILES string of the molecule is CCc1ccccc1N=Cc1cccn1-c1ccc(O)cc1. The largest absolute Gasteiger partial charge is 0.508 e. The zero-order valence-corrected chi connectivity index (χ0v) is 12.5. The summed E-state index contributed by atoms with van der Waals surface area (Å²) in [6, 6.07) is 19.3. The third kappa shape index (κ3) is 2.93. The minimum Gasteiger partial charge on any atom is -0.508 e. The monoisotopic (exact) mass is 290 g/mol. The highest BCUT2D eigenvalue weighted by molar-refractivity contribution is 5.81. The van der Waals surface area contributed by atoms with Crippen molar-refractivity contribution in [3.05, 3.63) is 78.1 Å². The number of para-hydroxylation sites is 1. The van der Waals surface area contributed by atoms with E-state index in [0.29, 0.717) is 0 Å². The average Bonchev–Trinajstić information content (AvgIpc) is 3.02. The molecule has 0 saturated heterocycles. The van der Waals surface area contributed by atoms with Crippen molar-refractivity contribution in [1.82, 2.24) is 4.57 Å². The Labute approximate surface area is 130 Å². The normalized spacial score (nSPS) is 11.1. The molecule has 0 atom stereocenters. The summed E-state index contributed by atoms with van der Waals surface area (Å²) in [4.78, 5) is 4.63. The molecule has 1 heterocycles. The number of benzene rings is 2. The van der Waals surface area contributed by atoms with Crippen molar-refractivity contribution in [2.45, 2.75) is 13.3 Å². The van der Waals surface area contributed by atoms with Crippen molar-refractivity contribution in [3.8, 4) is 11.4 Å². The quantitative estimate of drug-likeness (QED) is 0.706. The predicted octanol–water partition coefficient (Wildman–Crippen LogP) is 4.50. The van der Waals surface area contributed by atoms with E-state index in [1.165, 1.54) is 5.56 Å². The van der Waals surface area contributed by atoms with E-state index in [1.54, 1.807) is 12.1 Å². The van der Waals surface area contributed by atoms with Crippen LogP contribution in [0.15, 0.2) is 71.9 Å². The second kappa shape index (κ2) is 6.31. The van der Waals surface area contributed by atoms with Gasteiger partial charge < -0.3 is 9.67 Å². The van der Waals surface area contributed by atoms with E-state index in [-0.39, 0.29) is 5.75 Å². The number of rotatable bonds is 4. The topological polar surface area (TPSA) is 37.5 Å². The van der Waals surface area contributed by atoms with Gasteiger partial charge in [-0.05, 0) is 54.4 Å². The minimum absolute atomic E-state index is 0.267. The first-order valence-corrected chi connectivity index (χ1v) is 7.36. The molecule has 0 radical (unpaired) electrons. The van der Waals surface area contributed by atoms with Crippen LogP contribution in [0.3, 0.4) is 0 Å². The van der Waals surface area contributed by atoms with Gasteiger partial charge in [0.25, 0.3) is 0 Å². The van der Waals surface area contributed by atoms with Crippen molar-refractivity contribution in [3.63, 3.8) is 0 Å². The van der Waals surface area contributed by atoms with Crippen LogP contribution in [0.2, 0.25) is 0 Å². The van der Waals surface area contributed by atoms with Crippen molar-refractivity contribution in [1.29, 1.82) is 0 Å². The number of aromatic nitrogens is 1. The predicted molar refractivity (Wildman–Crippen MR) is 90.5 cm³/mol. The summed E-state index contributed by atoms with van der Waals surface area (Å²) in [6.45, 7) is 2.13. The molecule has 1 N–H and O–H groups in total. The maximum Gasteiger partial charge on any atom is 0.115 e. The Morgan fingerprint density at radius 1 is 1.00 bits per heavy atom. The van der Waals surface area contributed by atoms with Crippen LogP contribution in [0.1, 0.15) is 18.2 Å². The van der Waals surface area contributed by atoms with Crippen LogP contribution in [-0.2, 0) is 6.42 Å². The molecule has 1 aromatic heterocycles. The highest BCUT2D eigenvalue weighted by Gasteiger charge is 2.02. The van der Waals surface area contributed by atoms with Crippen LogP contribution in [0.4, 0.5) is 5.69 Å². The molecule has 22 heavy (non-hydrogen) atoms. The van der Waals surface area contributed by atoms with Gasteiger partial charge >= 0.3 is 0 Å². The molecular weight excluding hydrogens is 272 g/mol. The summed E-state index contributed by atoms with van der Waals surface area (Å²) in [7, 11) is 0. The molecule has 0 bridgehead atoms. The maximum atomic E-state index is 9.40. The van der Waals surface area contributed by atoms with Gasteiger partial charge in [-0.25, -0.2) is 0 Å². The van der Waals surface area contributed by atoms with Crippen LogP contribution in [-0.4, -0.2) is 15.9 Å². The molecule has 3 heteroatoms. The Morgan fingerprint density at radius 3 is 2.55 bits per heavy atom. The molecule has 3 aromatic rings. The Morgan fingerprint density at radius 2 is 1.77 bits per heavy atom. The van der Waals surface area contributed by atoms with Gasteiger partial charge in [0.15, 0.2) is 0 Å². The Kier molecular flexibility index (Phi) is 4.05. The Balaban J connectivity index is 1.92. The summed E-state index contributed by atoms with van der Waals surface area (Å²) in [5.41, 5.74) is 4.23. The maximum absolute atomic E-state index is 9.40. The number of hydrogen-bond donors (Lipinski definition) is 1. The first-order chi connectivity index (χ1) is 10.8. The van der Waals surface area contributed by atoms with Crippen LogP contribution < -0.4 is 0 Å². The smallest absolute Gasteiger partial charge is 0.115 e. The van der Waals surface area contributed by atoms with Crippen molar-refractivity contribution in [2.75, 3.05) is 0 Å². The third-order valence-electron chi connectivity index (χ3n) is 3.62. The van der Waals surface area contributed by atoms with E-state index in [4.69, 9.17) is 0 Å². The van der Waals surface area contributed by atoms with Gasteiger partial charge in [0.05, 0.1) is 17.6 Å². The van der Waals surface area contributed by atoms with E-state index in [0.717, 1.165) is 23.5 Å². The van der Waals surface area contributed by atoms with E-state index >= 15 is 0 Å². The molecule has 0 spiro atoms. The second-order valence-corrected chi connectivity index (χ2v) is 5.06. The number of phenols is 1. The lowest BCUT2D eigenvalue weighted by Crippen LogP contribution is -1.97. The molecule has 0 amide bonds. The van der Waals surface area contributed by atoms with Gasteiger partial charge in [0.2, 0.25) is 0 Å². The molecule has 3 rings (SSSR count). The van der Waals surface area contributed by atoms with Gasteiger partial charge in [0.1, 0.15) is 5.75 Å². The van der Waals surface area contributed by atoms with Gasteiger partial charge in [-0.1, -0.05) is 25.1 Å². The average molecular weight is 290 g/mol. The van der Waals surface area contributed by atoms with Gasteiger partial charge in [-0.3, -0.25) is 4.99 Å². The molecule has 3 nitrogen and oxygen atoms in total. The molecule has 2 aromatic carbocycles. The molecule has 0 fully saturated rings. The fraction of sp³-hybridized carbons (Fsp3) is 0.105. The van der Waals surface area contributed by atoms with Crippen LogP contribution >= 0.6 is 0 Å². The number of aromatic hydroxyl groups is 1. The summed E-state index contributed by atoms with van der Waals surface area (Å²) >= 11 is 0. The third-order valence-corrected chi connectivity index (χ3v) is 3.62. The van der Waals surface area contributed by atoms with Crippen molar-refractivity contribution in [2.24, 2.45) is 4.99 Å². The molecule has 0 aliphatic carbocycles. The summed E-state index contributed by atoms with van der Waals surface area (Å²) < 4.78 is 2.04. The van der Waals surface area contributed by atoms with E-state index in [1.807, 2.05) is 59.4 Å². The number of aryl methyl sites for hydroxylation is 1. The van der Waals surface area contributed by atoms with Crippen molar-refractivity contribution >= 4 is 11.9 Å². The van der Waals surface area contributed by atoms with E-state index in [2.05, 4.69) is 18.0 Å². The second-order valence-electron chi connectivity index (χ2n) is 5.06. The van der Waals surface area contributed by atoms with Crippen LogP contribution in [0.5, 0.6) is 5.75 Å².